The number of fused-ring (bicyclic) bond motifs is 1. The first-order valence-corrected chi connectivity index (χ1v) is 9.65. The van der Waals surface area contributed by atoms with E-state index < -0.39 is 0 Å². The summed E-state index contributed by atoms with van der Waals surface area (Å²) in [7, 11) is 1.63. The van der Waals surface area contributed by atoms with Gasteiger partial charge in [0.05, 0.1) is 24.9 Å². The lowest BCUT2D eigenvalue weighted by molar-refractivity contribution is 0.414. The maximum Gasteiger partial charge on any atom is 0.265 e. The van der Waals surface area contributed by atoms with Crippen LogP contribution < -0.4 is 10.3 Å². The van der Waals surface area contributed by atoms with Crippen molar-refractivity contribution in [2.45, 2.75) is 13.5 Å². The number of aliphatic imine (C=N–C) groups is 1. The largest absolute Gasteiger partial charge is 0.497 e. The summed E-state index contributed by atoms with van der Waals surface area (Å²) in [6, 6.07) is 22.4. The Kier molecular flexibility index (Phi) is 5.35. The lowest BCUT2D eigenvalue weighted by atomic mass is 10.1. The molecular formula is C25H22N2O3. The second-order valence-corrected chi connectivity index (χ2v) is 7.08. The van der Waals surface area contributed by atoms with Crippen LogP contribution in [0, 0.1) is 6.92 Å². The highest BCUT2D eigenvalue weighted by Crippen LogP contribution is 2.26. The number of nitrogens with zero attached hydrogens (tertiary/aromatic N) is 2. The van der Waals surface area contributed by atoms with Gasteiger partial charge in [0.25, 0.3) is 5.56 Å². The zero-order chi connectivity index (χ0) is 21.1. The van der Waals surface area contributed by atoms with Crippen molar-refractivity contribution in [1.82, 2.24) is 4.57 Å². The topological polar surface area (TPSA) is 63.8 Å². The summed E-state index contributed by atoms with van der Waals surface area (Å²) in [4.78, 5) is 17.6. The Balaban J connectivity index is 1.80. The third-order valence-electron chi connectivity index (χ3n) is 5.05. The molecule has 4 rings (SSSR count). The number of rotatable bonds is 5. The van der Waals surface area contributed by atoms with Crippen molar-refractivity contribution in [1.29, 1.82) is 0 Å². The van der Waals surface area contributed by atoms with Crippen LogP contribution >= 0.6 is 0 Å². The first kappa shape index (κ1) is 19.5. The summed E-state index contributed by atoms with van der Waals surface area (Å²) < 4.78 is 6.51. The van der Waals surface area contributed by atoms with Crippen LogP contribution in [0.4, 0.5) is 0 Å². The Bertz CT molecular complexity index is 1270. The minimum Gasteiger partial charge on any atom is -0.497 e. The Morgan fingerprint density at radius 3 is 2.30 bits per heavy atom. The van der Waals surface area contributed by atoms with E-state index in [1.54, 1.807) is 19.4 Å². The molecule has 0 atom stereocenters. The summed E-state index contributed by atoms with van der Waals surface area (Å²) in [5, 5.41) is 12.2. The average molecular weight is 398 g/mol. The lowest BCUT2D eigenvalue weighted by Crippen LogP contribution is -2.20. The van der Waals surface area contributed by atoms with E-state index in [1.165, 1.54) is 4.57 Å². The van der Waals surface area contributed by atoms with Crippen molar-refractivity contribution in [3.8, 4) is 17.3 Å². The normalized spacial score (nSPS) is 11.3. The van der Waals surface area contributed by atoms with E-state index in [4.69, 9.17) is 4.74 Å². The molecule has 0 aliphatic carbocycles. The standard InChI is InChI=1S/C25H22N2O3/c1-17-7-11-19(12-8-17)27-24(28)22-6-4-3-5-21(22)23(25(27)29)16-26-15-18-9-13-20(30-2)14-10-18/h3-14,16,29H,15H2,1-2H3. The highest BCUT2D eigenvalue weighted by atomic mass is 16.5. The fraction of sp³-hybridized carbons (Fsp3) is 0.120. The molecule has 0 fully saturated rings. The third kappa shape index (κ3) is 3.70. The lowest BCUT2D eigenvalue weighted by Gasteiger charge is -2.14. The van der Waals surface area contributed by atoms with Crippen molar-refractivity contribution in [2.75, 3.05) is 7.11 Å². The van der Waals surface area contributed by atoms with E-state index in [0.717, 1.165) is 16.9 Å². The first-order valence-electron chi connectivity index (χ1n) is 9.65. The minimum absolute atomic E-state index is 0.124. The average Bonchev–Trinajstić information content (AvgIpc) is 2.78. The van der Waals surface area contributed by atoms with Crippen molar-refractivity contribution in [2.24, 2.45) is 4.99 Å². The van der Waals surface area contributed by atoms with Gasteiger partial charge in [-0.25, -0.2) is 4.57 Å². The van der Waals surface area contributed by atoms with Crippen LogP contribution in [0.15, 0.2) is 82.6 Å². The molecule has 3 aromatic carbocycles. The van der Waals surface area contributed by atoms with Crippen LogP contribution in [0.25, 0.3) is 16.5 Å². The zero-order valence-electron chi connectivity index (χ0n) is 16.9. The van der Waals surface area contributed by atoms with Gasteiger partial charge >= 0.3 is 0 Å². The van der Waals surface area contributed by atoms with E-state index in [2.05, 4.69) is 4.99 Å². The number of pyridine rings is 1. The van der Waals surface area contributed by atoms with E-state index >= 15 is 0 Å². The number of aryl methyl sites for hydroxylation is 1. The first-order chi connectivity index (χ1) is 14.6. The van der Waals surface area contributed by atoms with Crippen molar-refractivity contribution < 1.29 is 9.84 Å². The third-order valence-corrected chi connectivity index (χ3v) is 5.05. The van der Waals surface area contributed by atoms with Crippen molar-refractivity contribution in [3.63, 3.8) is 0 Å². The number of aromatic nitrogens is 1. The van der Waals surface area contributed by atoms with Gasteiger partial charge in [-0.05, 0) is 42.8 Å². The number of aromatic hydroxyl groups is 1. The molecule has 150 valence electrons. The van der Waals surface area contributed by atoms with Gasteiger partial charge in [-0.1, -0.05) is 48.0 Å². The van der Waals surface area contributed by atoms with Gasteiger partial charge in [0.1, 0.15) is 5.75 Å². The minimum atomic E-state index is -0.265. The fourth-order valence-corrected chi connectivity index (χ4v) is 3.40. The maximum atomic E-state index is 13.1. The molecule has 5 heteroatoms. The van der Waals surface area contributed by atoms with Gasteiger partial charge in [0, 0.05) is 17.0 Å². The van der Waals surface area contributed by atoms with E-state index in [1.807, 2.05) is 73.7 Å². The summed E-state index contributed by atoms with van der Waals surface area (Å²) in [5.74, 6) is 0.664. The maximum absolute atomic E-state index is 13.1. The summed E-state index contributed by atoms with van der Waals surface area (Å²) in [6.45, 7) is 2.42. The molecule has 1 aromatic heterocycles. The molecule has 0 amide bonds. The van der Waals surface area contributed by atoms with Crippen molar-refractivity contribution in [3.05, 3.63) is 99.8 Å². The molecule has 0 saturated heterocycles. The van der Waals surface area contributed by atoms with Crippen molar-refractivity contribution >= 4 is 17.0 Å². The van der Waals surface area contributed by atoms with Gasteiger partial charge < -0.3 is 9.84 Å². The van der Waals surface area contributed by atoms with Gasteiger partial charge in [-0.2, -0.15) is 0 Å². The molecule has 0 unspecified atom stereocenters. The number of ether oxygens (including phenoxy) is 1. The number of benzene rings is 3. The predicted molar refractivity (Wildman–Crippen MR) is 120 cm³/mol. The molecule has 0 spiro atoms. The SMILES string of the molecule is COc1ccc(CN=Cc2c(O)n(-c3ccc(C)cc3)c(=O)c3ccccc23)cc1. The quantitative estimate of drug-likeness (QED) is 0.499. The van der Waals surface area contributed by atoms with Crippen LogP contribution in [-0.2, 0) is 6.54 Å². The van der Waals surface area contributed by atoms with Gasteiger partial charge in [-0.3, -0.25) is 9.79 Å². The van der Waals surface area contributed by atoms with E-state index in [9.17, 15) is 9.90 Å². The molecule has 0 aliphatic heterocycles. The molecule has 30 heavy (non-hydrogen) atoms. The molecule has 0 saturated carbocycles. The molecule has 0 radical (unpaired) electrons. The fourth-order valence-electron chi connectivity index (χ4n) is 3.40. The molecule has 5 nitrogen and oxygen atoms in total. The molecule has 4 aromatic rings. The van der Waals surface area contributed by atoms with E-state index in [-0.39, 0.29) is 11.4 Å². The molecular weight excluding hydrogens is 376 g/mol. The van der Waals surface area contributed by atoms with Crippen LogP contribution in [0.1, 0.15) is 16.7 Å². The monoisotopic (exact) mass is 398 g/mol. The highest BCUT2D eigenvalue weighted by molar-refractivity contribution is 6.01. The number of methoxy groups -OCH3 is 1. The Morgan fingerprint density at radius 2 is 1.63 bits per heavy atom. The molecule has 1 heterocycles. The second kappa shape index (κ2) is 8.25. The van der Waals surface area contributed by atoms with Crippen LogP contribution in [-0.4, -0.2) is 23.0 Å². The summed E-state index contributed by atoms with van der Waals surface area (Å²) in [5.41, 5.74) is 2.95. The second-order valence-electron chi connectivity index (χ2n) is 7.08. The molecule has 1 N–H and O–H groups in total. The van der Waals surface area contributed by atoms with Gasteiger partial charge in [-0.15, -0.1) is 0 Å². The van der Waals surface area contributed by atoms with Gasteiger partial charge in [0.2, 0.25) is 5.88 Å². The number of hydrogen-bond donors (Lipinski definition) is 1. The molecule has 0 aliphatic rings. The van der Waals surface area contributed by atoms with Crippen LogP contribution in [0.2, 0.25) is 0 Å². The smallest absolute Gasteiger partial charge is 0.265 e. The predicted octanol–water partition coefficient (Wildman–Crippen LogP) is 4.63. The zero-order valence-corrected chi connectivity index (χ0v) is 16.9. The summed E-state index contributed by atoms with van der Waals surface area (Å²) >= 11 is 0. The highest BCUT2D eigenvalue weighted by Gasteiger charge is 2.16. The van der Waals surface area contributed by atoms with E-state index in [0.29, 0.717) is 28.6 Å². The number of hydrogen-bond acceptors (Lipinski definition) is 4. The Labute approximate surface area is 174 Å². The Hall–Kier alpha value is -3.86. The summed E-state index contributed by atoms with van der Waals surface area (Å²) in [6.07, 6.45) is 1.63. The van der Waals surface area contributed by atoms with Crippen LogP contribution in [0.3, 0.4) is 0 Å². The van der Waals surface area contributed by atoms with Crippen LogP contribution in [0.5, 0.6) is 11.6 Å². The van der Waals surface area contributed by atoms with Gasteiger partial charge in [0.15, 0.2) is 0 Å². The Morgan fingerprint density at radius 1 is 0.967 bits per heavy atom. The molecule has 0 bridgehead atoms.